The second-order valence-corrected chi connectivity index (χ2v) is 8.78. The van der Waals surface area contributed by atoms with Crippen LogP contribution in [0, 0.1) is 0 Å². The zero-order valence-electron chi connectivity index (χ0n) is 20.0. The summed E-state index contributed by atoms with van der Waals surface area (Å²) in [5.74, 6) is 1.02. The Labute approximate surface area is 245 Å². The Bertz CT molecular complexity index is 824. The number of nitrogens with zero attached hydrogens (tertiary/aromatic N) is 2. The van der Waals surface area contributed by atoms with E-state index < -0.39 is 12.0 Å². The summed E-state index contributed by atoms with van der Waals surface area (Å²) in [5, 5.41) is 11.8. The van der Waals surface area contributed by atoms with Gasteiger partial charge in [-0.25, -0.2) is 5.48 Å². The molecule has 0 radical (unpaired) electrons. The standard InChI is InChI=1S/C25H35N3O3S.K/c1-3-4-5-6-10-17-32-18-16-26-20-31-27-22-14-11-15-23(19-22)28(2)24(25(29)30)21-12-8-7-9-13-21;/h7-9,11-15,19-20,24,27H,3-6,10,16-18H2,1-2H3,(H,29,30);/q;+1/p-1. The molecule has 1 atom stereocenters. The van der Waals surface area contributed by atoms with Crippen LogP contribution in [-0.2, 0) is 9.63 Å². The largest absolute Gasteiger partial charge is 1.00 e. The van der Waals surface area contributed by atoms with Gasteiger partial charge in [0.1, 0.15) is 0 Å². The number of carboxylic acids is 1. The van der Waals surface area contributed by atoms with Crippen LogP contribution >= 0.6 is 11.8 Å². The van der Waals surface area contributed by atoms with E-state index >= 15 is 0 Å². The average molecular weight is 496 g/mol. The second kappa shape index (κ2) is 18.3. The Hall–Kier alpha value is -1.03. The maximum absolute atomic E-state index is 11.8. The van der Waals surface area contributed by atoms with Crippen molar-refractivity contribution in [3.8, 4) is 0 Å². The molecule has 8 heteroatoms. The van der Waals surface area contributed by atoms with E-state index in [1.165, 1.54) is 44.3 Å². The van der Waals surface area contributed by atoms with Crippen LogP contribution in [0.2, 0.25) is 0 Å². The van der Waals surface area contributed by atoms with Crippen molar-refractivity contribution in [1.82, 2.24) is 0 Å². The number of nitrogens with one attached hydrogen (secondary N) is 1. The van der Waals surface area contributed by atoms with Gasteiger partial charge in [0.15, 0.2) is 0 Å². The fourth-order valence-corrected chi connectivity index (χ4v) is 4.15. The van der Waals surface area contributed by atoms with E-state index in [0.29, 0.717) is 17.8 Å². The van der Waals surface area contributed by atoms with Crippen LogP contribution in [-0.4, -0.2) is 37.5 Å². The van der Waals surface area contributed by atoms with Crippen molar-refractivity contribution in [1.29, 1.82) is 0 Å². The van der Waals surface area contributed by atoms with Crippen molar-refractivity contribution in [3.63, 3.8) is 0 Å². The van der Waals surface area contributed by atoms with E-state index in [0.717, 1.165) is 11.4 Å². The average Bonchev–Trinajstić information content (AvgIpc) is 2.80. The van der Waals surface area contributed by atoms with Gasteiger partial charge in [0.05, 0.1) is 24.2 Å². The van der Waals surface area contributed by atoms with Crippen molar-refractivity contribution in [2.45, 2.75) is 45.1 Å². The van der Waals surface area contributed by atoms with Gasteiger partial charge in [0.2, 0.25) is 6.40 Å². The number of carbonyl (C=O) groups excluding carboxylic acids is 1. The Morgan fingerprint density at radius 2 is 1.88 bits per heavy atom. The summed E-state index contributed by atoms with van der Waals surface area (Å²) in [6.45, 7) is 2.95. The molecule has 2 aromatic rings. The van der Waals surface area contributed by atoms with Crippen molar-refractivity contribution in [2.75, 3.05) is 35.5 Å². The minimum atomic E-state index is -1.15. The number of carboxylic acid groups (broad SMARTS) is 1. The van der Waals surface area contributed by atoms with E-state index in [-0.39, 0.29) is 51.4 Å². The summed E-state index contributed by atoms with van der Waals surface area (Å²) in [6, 6.07) is 15.5. The molecule has 0 fully saturated rings. The van der Waals surface area contributed by atoms with E-state index in [2.05, 4.69) is 17.4 Å². The van der Waals surface area contributed by atoms with Crippen LogP contribution in [0.4, 0.5) is 11.4 Å². The fourth-order valence-electron chi connectivity index (χ4n) is 3.30. The minimum Gasteiger partial charge on any atom is -0.548 e. The Kier molecular flexibility index (Phi) is 16.6. The van der Waals surface area contributed by atoms with Gasteiger partial charge < -0.3 is 19.6 Å². The molecule has 0 saturated carbocycles. The summed E-state index contributed by atoms with van der Waals surface area (Å²) in [4.78, 5) is 23.0. The minimum absolute atomic E-state index is 0. The number of unbranched alkanes of at least 4 members (excludes halogenated alkanes) is 4. The van der Waals surface area contributed by atoms with Crippen molar-refractivity contribution in [3.05, 3.63) is 60.2 Å². The predicted octanol–water partition coefficient (Wildman–Crippen LogP) is 1.69. The second-order valence-electron chi connectivity index (χ2n) is 7.55. The van der Waals surface area contributed by atoms with Gasteiger partial charge in [-0.2, -0.15) is 11.8 Å². The number of carbonyl (C=O) groups is 1. The third-order valence-electron chi connectivity index (χ3n) is 5.04. The quantitative estimate of drug-likeness (QED) is 0.126. The molecule has 0 aliphatic carbocycles. The van der Waals surface area contributed by atoms with Crippen LogP contribution in [0.25, 0.3) is 0 Å². The van der Waals surface area contributed by atoms with Crippen molar-refractivity contribution in [2.24, 2.45) is 4.99 Å². The van der Waals surface area contributed by atoms with Gasteiger partial charge in [-0.05, 0) is 35.9 Å². The zero-order valence-corrected chi connectivity index (χ0v) is 24.0. The smallest absolute Gasteiger partial charge is 0.548 e. The third kappa shape index (κ3) is 11.8. The molecule has 174 valence electrons. The number of aliphatic imine (C=N–C) groups is 1. The number of hydrogen-bond donors (Lipinski definition) is 1. The Morgan fingerprint density at radius 3 is 2.61 bits per heavy atom. The van der Waals surface area contributed by atoms with Crippen molar-refractivity contribution >= 4 is 35.5 Å². The number of thioether (sulfide) groups is 1. The molecular weight excluding hydrogens is 461 g/mol. The van der Waals surface area contributed by atoms with Gasteiger partial charge in [-0.1, -0.05) is 69.0 Å². The SMILES string of the molecule is CCCCCCCSCCN=CONc1cccc(N(C)C(C(=O)[O-])c2ccccc2)c1.[K+]. The number of benzene rings is 2. The molecule has 0 spiro atoms. The van der Waals surface area contributed by atoms with Gasteiger partial charge in [-0.3, -0.25) is 4.99 Å². The molecule has 0 heterocycles. The molecule has 0 saturated heterocycles. The third-order valence-corrected chi connectivity index (χ3v) is 6.09. The Morgan fingerprint density at radius 1 is 1.12 bits per heavy atom. The molecule has 2 rings (SSSR count). The molecule has 0 amide bonds. The summed E-state index contributed by atoms with van der Waals surface area (Å²) in [6.07, 6.45) is 7.96. The van der Waals surface area contributed by atoms with E-state index in [4.69, 9.17) is 4.84 Å². The van der Waals surface area contributed by atoms with Crippen LogP contribution in [0.3, 0.4) is 0 Å². The molecule has 1 N–H and O–H groups in total. The summed E-state index contributed by atoms with van der Waals surface area (Å²) in [7, 11) is 1.73. The van der Waals surface area contributed by atoms with E-state index in [1.54, 1.807) is 24.1 Å². The normalized spacial score (nSPS) is 11.6. The number of rotatable bonds is 16. The fraction of sp³-hybridized carbons (Fsp3) is 0.440. The summed E-state index contributed by atoms with van der Waals surface area (Å²) in [5.41, 5.74) is 4.92. The topological polar surface area (TPSA) is 77.0 Å². The van der Waals surface area contributed by atoms with Crippen LogP contribution in [0.5, 0.6) is 0 Å². The summed E-state index contributed by atoms with van der Waals surface area (Å²) < 4.78 is 0. The van der Waals surface area contributed by atoms with E-state index in [9.17, 15) is 9.90 Å². The zero-order chi connectivity index (χ0) is 23.0. The first-order valence-electron chi connectivity index (χ1n) is 11.2. The monoisotopic (exact) mass is 495 g/mol. The molecule has 0 bridgehead atoms. The molecule has 2 aromatic carbocycles. The molecule has 0 aliphatic rings. The maximum atomic E-state index is 11.8. The maximum Gasteiger partial charge on any atom is 1.00 e. The van der Waals surface area contributed by atoms with Gasteiger partial charge >= 0.3 is 51.4 Å². The molecular formula is C25H34KN3O3S. The summed E-state index contributed by atoms with van der Waals surface area (Å²) >= 11 is 1.93. The molecule has 1 unspecified atom stereocenters. The molecule has 33 heavy (non-hydrogen) atoms. The first-order valence-corrected chi connectivity index (χ1v) is 12.4. The Balaban J connectivity index is 0.00000544. The first kappa shape index (κ1) is 30.0. The number of aliphatic carboxylic acids is 1. The molecule has 0 aliphatic heterocycles. The molecule has 6 nitrogen and oxygen atoms in total. The number of likely N-dealkylation sites (N-methyl/N-ethyl adjacent to an activating group) is 1. The van der Waals surface area contributed by atoms with Gasteiger partial charge in [0.25, 0.3) is 0 Å². The van der Waals surface area contributed by atoms with Crippen LogP contribution in [0.1, 0.15) is 50.6 Å². The predicted molar refractivity (Wildman–Crippen MR) is 133 cm³/mol. The van der Waals surface area contributed by atoms with Gasteiger partial charge in [0, 0.05) is 18.5 Å². The van der Waals surface area contributed by atoms with Crippen LogP contribution < -0.4 is 66.9 Å². The van der Waals surface area contributed by atoms with E-state index in [1.807, 2.05) is 54.2 Å². The molecule has 0 aromatic heterocycles. The first-order chi connectivity index (χ1) is 15.6. The van der Waals surface area contributed by atoms with Gasteiger partial charge in [-0.15, -0.1) is 0 Å². The number of hydrogen-bond acceptors (Lipinski definition) is 7. The number of anilines is 2. The van der Waals surface area contributed by atoms with Crippen LogP contribution in [0.15, 0.2) is 59.6 Å². The van der Waals surface area contributed by atoms with Crippen molar-refractivity contribution < 1.29 is 66.1 Å².